The van der Waals surface area contributed by atoms with E-state index in [9.17, 15) is 13.2 Å². The Hall–Kier alpha value is -0.880. The van der Waals surface area contributed by atoms with Crippen LogP contribution >= 0.6 is 0 Å². The van der Waals surface area contributed by atoms with E-state index in [4.69, 9.17) is 0 Å². The average Bonchev–Trinajstić information content (AvgIpc) is 2.34. The molecule has 1 aliphatic rings. The van der Waals surface area contributed by atoms with Crippen molar-refractivity contribution >= 4 is 15.9 Å². The molecular weight excluding hydrogens is 252 g/mol. The summed E-state index contributed by atoms with van der Waals surface area (Å²) in [6.07, 6.45) is 8.66. The molecule has 1 rings (SSSR count). The first kappa shape index (κ1) is 15.2. The van der Waals surface area contributed by atoms with Crippen molar-refractivity contribution in [2.24, 2.45) is 5.92 Å². The van der Waals surface area contributed by atoms with Crippen LogP contribution in [-0.2, 0) is 14.8 Å². The second-order valence-electron chi connectivity index (χ2n) is 4.71. The SMILES string of the molecule is CN(CCCNC(=O)[C@@H]1CC=CCC1)S(C)(=O)=O. The minimum atomic E-state index is -3.11. The Morgan fingerprint density at radius 2 is 2.17 bits per heavy atom. The first-order chi connectivity index (χ1) is 8.41. The van der Waals surface area contributed by atoms with E-state index in [0.29, 0.717) is 19.5 Å². The third kappa shape index (κ3) is 5.18. The molecule has 0 saturated heterocycles. The number of allylic oxidation sites excluding steroid dienone is 2. The number of carbonyl (C=O) groups excluding carboxylic acids is 1. The van der Waals surface area contributed by atoms with Crippen LogP contribution in [0.5, 0.6) is 0 Å². The van der Waals surface area contributed by atoms with Gasteiger partial charge >= 0.3 is 0 Å². The van der Waals surface area contributed by atoms with Crippen molar-refractivity contribution in [1.82, 2.24) is 9.62 Å². The molecule has 6 heteroatoms. The van der Waals surface area contributed by atoms with Gasteiger partial charge in [-0.3, -0.25) is 4.79 Å². The van der Waals surface area contributed by atoms with E-state index in [1.54, 1.807) is 7.05 Å². The van der Waals surface area contributed by atoms with Crippen LogP contribution in [0.2, 0.25) is 0 Å². The molecule has 0 fully saturated rings. The van der Waals surface area contributed by atoms with Gasteiger partial charge in [0.05, 0.1) is 6.26 Å². The van der Waals surface area contributed by atoms with Gasteiger partial charge in [-0.05, 0) is 25.7 Å². The second kappa shape index (κ2) is 6.89. The number of hydrogen-bond donors (Lipinski definition) is 1. The number of amides is 1. The fourth-order valence-electron chi connectivity index (χ4n) is 1.86. The normalized spacial score (nSPS) is 20.1. The minimum Gasteiger partial charge on any atom is -0.356 e. The van der Waals surface area contributed by atoms with E-state index in [-0.39, 0.29) is 11.8 Å². The molecule has 0 unspecified atom stereocenters. The molecule has 0 aromatic rings. The number of rotatable bonds is 6. The summed E-state index contributed by atoms with van der Waals surface area (Å²) in [5.41, 5.74) is 0. The third-order valence-electron chi connectivity index (χ3n) is 3.16. The average molecular weight is 274 g/mol. The Morgan fingerprint density at radius 3 is 2.72 bits per heavy atom. The Labute approximate surface area is 109 Å². The van der Waals surface area contributed by atoms with Gasteiger partial charge in [0.2, 0.25) is 15.9 Å². The maximum Gasteiger partial charge on any atom is 0.223 e. The number of nitrogens with one attached hydrogen (secondary N) is 1. The van der Waals surface area contributed by atoms with E-state index in [1.165, 1.54) is 10.6 Å². The summed E-state index contributed by atoms with van der Waals surface area (Å²) in [7, 11) is -1.57. The summed E-state index contributed by atoms with van der Waals surface area (Å²) in [4.78, 5) is 11.8. The van der Waals surface area contributed by atoms with E-state index in [1.807, 2.05) is 6.08 Å². The van der Waals surface area contributed by atoms with Gasteiger partial charge in [-0.1, -0.05) is 12.2 Å². The summed E-state index contributed by atoms with van der Waals surface area (Å²) in [5, 5.41) is 2.86. The Morgan fingerprint density at radius 1 is 1.44 bits per heavy atom. The highest BCUT2D eigenvalue weighted by Gasteiger charge is 2.18. The quantitative estimate of drug-likeness (QED) is 0.574. The van der Waals surface area contributed by atoms with Crippen molar-refractivity contribution in [2.75, 3.05) is 26.4 Å². The van der Waals surface area contributed by atoms with Gasteiger partial charge < -0.3 is 5.32 Å². The molecule has 0 heterocycles. The van der Waals surface area contributed by atoms with Crippen LogP contribution < -0.4 is 5.32 Å². The first-order valence-corrected chi connectivity index (χ1v) is 8.10. The van der Waals surface area contributed by atoms with Crippen molar-refractivity contribution < 1.29 is 13.2 Å². The lowest BCUT2D eigenvalue weighted by molar-refractivity contribution is -0.125. The van der Waals surface area contributed by atoms with Gasteiger partial charge in [-0.15, -0.1) is 0 Å². The van der Waals surface area contributed by atoms with Crippen molar-refractivity contribution in [3.63, 3.8) is 0 Å². The zero-order valence-corrected chi connectivity index (χ0v) is 11.9. The maximum atomic E-state index is 11.8. The molecule has 0 spiro atoms. The van der Waals surface area contributed by atoms with Crippen LogP contribution in [0.4, 0.5) is 0 Å². The van der Waals surface area contributed by atoms with Gasteiger partial charge in [-0.2, -0.15) is 0 Å². The second-order valence-corrected chi connectivity index (χ2v) is 6.80. The maximum absolute atomic E-state index is 11.8. The van der Waals surface area contributed by atoms with E-state index < -0.39 is 10.0 Å². The highest BCUT2D eigenvalue weighted by molar-refractivity contribution is 7.88. The predicted octanol–water partition coefficient (Wildman–Crippen LogP) is 0.740. The lowest BCUT2D eigenvalue weighted by atomic mass is 9.94. The molecule has 0 aromatic heterocycles. The molecule has 5 nitrogen and oxygen atoms in total. The highest BCUT2D eigenvalue weighted by Crippen LogP contribution is 2.17. The van der Waals surface area contributed by atoms with Crippen LogP contribution in [0, 0.1) is 5.92 Å². The number of sulfonamides is 1. The van der Waals surface area contributed by atoms with E-state index in [0.717, 1.165) is 19.3 Å². The number of nitrogens with zero attached hydrogens (tertiary/aromatic N) is 1. The lowest BCUT2D eigenvalue weighted by Gasteiger charge is -2.18. The van der Waals surface area contributed by atoms with Crippen molar-refractivity contribution in [1.29, 1.82) is 0 Å². The summed E-state index contributed by atoms with van der Waals surface area (Å²) >= 11 is 0. The van der Waals surface area contributed by atoms with Crippen LogP contribution in [-0.4, -0.2) is 45.0 Å². The molecular formula is C12H22N2O3S. The molecule has 1 aliphatic carbocycles. The van der Waals surface area contributed by atoms with E-state index >= 15 is 0 Å². The molecule has 104 valence electrons. The van der Waals surface area contributed by atoms with Crippen molar-refractivity contribution in [3.05, 3.63) is 12.2 Å². The molecule has 1 atom stereocenters. The standard InChI is InChI=1S/C12H22N2O3S/c1-14(18(2,16)17)10-6-9-13-12(15)11-7-4-3-5-8-11/h3-4,11H,5-10H2,1-2H3,(H,13,15)/t11-/m1/s1. The molecule has 1 N–H and O–H groups in total. The highest BCUT2D eigenvalue weighted by atomic mass is 32.2. The zero-order valence-electron chi connectivity index (χ0n) is 11.1. The fraction of sp³-hybridized carbons (Fsp3) is 0.750. The minimum absolute atomic E-state index is 0.0846. The fourth-order valence-corrected chi connectivity index (χ4v) is 2.32. The van der Waals surface area contributed by atoms with Gasteiger partial charge in [0.15, 0.2) is 0 Å². The summed E-state index contributed by atoms with van der Waals surface area (Å²) in [5.74, 6) is 0.170. The molecule has 1 amide bonds. The van der Waals surface area contributed by atoms with Gasteiger partial charge in [0.1, 0.15) is 0 Å². The monoisotopic (exact) mass is 274 g/mol. The summed E-state index contributed by atoms with van der Waals surface area (Å²) in [6, 6.07) is 0. The van der Waals surface area contributed by atoms with Gasteiger partial charge in [0.25, 0.3) is 0 Å². The molecule has 0 bridgehead atoms. The Kier molecular flexibility index (Phi) is 5.81. The van der Waals surface area contributed by atoms with Crippen molar-refractivity contribution in [3.8, 4) is 0 Å². The smallest absolute Gasteiger partial charge is 0.223 e. The lowest BCUT2D eigenvalue weighted by Crippen LogP contribution is -2.34. The largest absolute Gasteiger partial charge is 0.356 e. The van der Waals surface area contributed by atoms with Crippen LogP contribution in [0.1, 0.15) is 25.7 Å². The molecule has 0 saturated carbocycles. The predicted molar refractivity (Wildman–Crippen MR) is 71.6 cm³/mol. The number of carbonyl (C=O) groups is 1. The number of hydrogen-bond acceptors (Lipinski definition) is 3. The topological polar surface area (TPSA) is 66.5 Å². The van der Waals surface area contributed by atoms with Crippen LogP contribution in [0.25, 0.3) is 0 Å². The molecule has 0 radical (unpaired) electrons. The summed E-state index contributed by atoms with van der Waals surface area (Å²) in [6.45, 7) is 0.961. The van der Waals surface area contributed by atoms with Crippen LogP contribution in [0.3, 0.4) is 0 Å². The summed E-state index contributed by atoms with van der Waals surface area (Å²) < 4.78 is 23.6. The Bertz CT molecular complexity index is 404. The molecule has 0 aliphatic heterocycles. The van der Waals surface area contributed by atoms with E-state index in [2.05, 4.69) is 11.4 Å². The van der Waals surface area contributed by atoms with Gasteiger partial charge in [0, 0.05) is 26.1 Å². The Balaban J connectivity index is 2.18. The van der Waals surface area contributed by atoms with Crippen molar-refractivity contribution in [2.45, 2.75) is 25.7 Å². The third-order valence-corrected chi connectivity index (χ3v) is 4.47. The molecule has 0 aromatic carbocycles. The molecule has 18 heavy (non-hydrogen) atoms. The van der Waals surface area contributed by atoms with Gasteiger partial charge in [-0.25, -0.2) is 12.7 Å². The first-order valence-electron chi connectivity index (χ1n) is 6.25. The van der Waals surface area contributed by atoms with Crippen LogP contribution in [0.15, 0.2) is 12.2 Å². The zero-order chi connectivity index (χ0) is 13.6.